The zero-order valence-electron chi connectivity index (χ0n) is 21.8. The van der Waals surface area contributed by atoms with Gasteiger partial charge in [0.15, 0.2) is 0 Å². The van der Waals surface area contributed by atoms with Gasteiger partial charge in [0.2, 0.25) is 0 Å². The van der Waals surface area contributed by atoms with E-state index in [2.05, 4.69) is 36.5 Å². The van der Waals surface area contributed by atoms with Crippen LogP contribution in [0.15, 0.2) is 66.7 Å². The molecule has 194 valence electrons. The summed E-state index contributed by atoms with van der Waals surface area (Å²) in [6.45, 7) is 8.23. The van der Waals surface area contributed by atoms with Crippen molar-refractivity contribution in [2.45, 2.75) is 64.5 Å². The normalized spacial score (nSPS) is 16.7. The van der Waals surface area contributed by atoms with Gasteiger partial charge in [-0.2, -0.15) is 0 Å². The highest BCUT2D eigenvalue weighted by atomic mass is 35.5. The molecule has 0 aliphatic heterocycles. The van der Waals surface area contributed by atoms with Gasteiger partial charge in [-0.3, -0.25) is 4.79 Å². The Morgan fingerprint density at radius 3 is 2.24 bits per heavy atom. The molecule has 1 fully saturated rings. The fourth-order valence-electron chi connectivity index (χ4n) is 4.16. The number of halogens is 1. The van der Waals surface area contributed by atoms with Crippen molar-refractivity contribution in [1.29, 1.82) is 0 Å². The summed E-state index contributed by atoms with van der Waals surface area (Å²) >= 11 is 6.16. The van der Waals surface area contributed by atoms with Crippen LogP contribution in [0.3, 0.4) is 0 Å². The lowest BCUT2D eigenvalue weighted by Crippen LogP contribution is -2.27. The molecule has 3 aromatic carbocycles. The molecule has 0 saturated heterocycles. The minimum atomic E-state index is -0.523. The molecule has 0 radical (unpaired) electrons. The number of hydrogen-bond acceptors (Lipinski definition) is 4. The van der Waals surface area contributed by atoms with Crippen molar-refractivity contribution in [3.8, 4) is 16.9 Å². The first-order valence-corrected chi connectivity index (χ1v) is 13.2. The number of nitrogens with one attached hydrogen (secondary N) is 1. The zero-order valence-corrected chi connectivity index (χ0v) is 22.6. The van der Waals surface area contributed by atoms with Crippen LogP contribution in [0.2, 0.25) is 5.02 Å². The molecular weight excluding hydrogens is 486 g/mol. The lowest BCUT2D eigenvalue weighted by molar-refractivity contribution is 0.00694. The first-order valence-electron chi connectivity index (χ1n) is 12.8. The lowest BCUT2D eigenvalue weighted by Gasteiger charge is -2.19. The Morgan fingerprint density at radius 2 is 1.62 bits per heavy atom. The predicted molar refractivity (Wildman–Crippen MR) is 148 cm³/mol. The molecule has 1 N–H and O–H groups in total. The SMILES string of the molecule is CCCCOc1ccc(Cl)cc1C(=O)N[C@H]1C[C@H]1c1ccc(-c2ccc(C(=O)OC(C)(C)C)cc2)cc1. The van der Waals surface area contributed by atoms with Crippen molar-refractivity contribution in [3.63, 3.8) is 0 Å². The molecule has 1 aliphatic carbocycles. The highest BCUT2D eigenvalue weighted by molar-refractivity contribution is 6.31. The maximum Gasteiger partial charge on any atom is 0.338 e. The van der Waals surface area contributed by atoms with Crippen LogP contribution >= 0.6 is 11.6 Å². The van der Waals surface area contributed by atoms with Crippen molar-refractivity contribution >= 4 is 23.5 Å². The van der Waals surface area contributed by atoms with E-state index in [0.29, 0.717) is 28.5 Å². The van der Waals surface area contributed by atoms with Gasteiger partial charge in [0.25, 0.3) is 5.91 Å². The number of carbonyl (C=O) groups is 2. The molecule has 0 aromatic heterocycles. The highest BCUT2D eigenvalue weighted by Crippen LogP contribution is 2.41. The molecule has 0 heterocycles. The molecule has 37 heavy (non-hydrogen) atoms. The van der Waals surface area contributed by atoms with Crippen molar-refractivity contribution in [1.82, 2.24) is 5.32 Å². The van der Waals surface area contributed by atoms with Crippen LogP contribution < -0.4 is 10.1 Å². The Morgan fingerprint density at radius 1 is 0.973 bits per heavy atom. The zero-order chi connectivity index (χ0) is 26.6. The average molecular weight is 520 g/mol. The van der Waals surface area contributed by atoms with Crippen molar-refractivity contribution in [2.75, 3.05) is 6.61 Å². The minimum absolute atomic E-state index is 0.0777. The molecule has 1 saturated carbocycles. The Bertz CT molecular complexity index is 1250. The van der Waals surface area contributed by atoms with Crippen LogP contribution in [0.1, 0.15) is 79.2 Å². The summed E-state index contributed by atoms with van der Waals surface area (Å²) in [4.78, 5) is 25.2. The molecule has 0 bridgehead atoms. The topological polar surface area (TPSA) is 64.6 Å². The van der Waals surface area contributed by atoms with Crippen molar-refractivity contribution in [2.24, 2.45) is 0 Å². The minimum Gasteiger partial charge on any atom is -0.493 e. The van der Waals surface area contributed by atoms with E-state index in [1.165, 1.54) is 5.56 Å². The van der Waals surface area contributed by atoms with Crippen LogP contribution in [0.4, 0.5) is 0 Å². The average Bonchev–Trinajstić information content (AvgIpc) is 3.63. The molecule has 0 spiro atoms. The molecule has 5 nitrogen and oxygen atoms in total. The third-order valence-corrected chi connectivity index (χ3v) is 6.48. The van der Waals surface area contributed by atoms with E-state index in [9.17, 15) is 9.59 Å². The Kier molecular flexibility index (Phi) is 8.23. The van der Waals surface area contributed by atoms with E-state index in [-0.39, 0.29) is 23.8 Å². The van der Waals surface area contributed by atoms with E-state index in [4.69, 9.17) is 21.1 Å². The van der Waals surface area contributed by atoms with Crippen LogP contribution in [0, 0.1) is 0 Å². The summed E-state index contributed by atoms with van der Waals surface area (Å²) < 4.78 is 11.3. The van der Waals surface area contributed by atoms with E-state index in [0.717, 1.165) is 30.4 Å². The van der Waals surface area contributed by atoms with E-state index in [1.54, 1.807) is 30.3 Å². The Hall–Kier alpha value is -3.31. The molecule has 1 aliphatic rings. The second kappa shape index (κ2) is 11.4. The lowest BCUT2D eigenvalue weighted by atomic mass is 10.0. The molecule has 3 aromatic rings. The predicted octanol–water partition coefficient (Wildman–Crippen LogP) is 7.43. The number of carbonyl (C=O) groups excluding carboxylic acids is 2. The summed E-state index contributed by atoms with van der Waals surface area (Å²) in [5.74, 6) is 0.350. The highest BCUT2D eigenvalue weighted by Gasteiger charge is 2.40. The van der Waals surface area contributed by atoms with E-state index in [1.807, 2.05) is 32.9 Å². The summed E-state index contributed by atoms with van der Waals surface area (Å²) in [6, 6.07) is 21.0. The Balaban J connectivity index is 1.36. The van der Waals surface area contributed by atoms with Crippen molar-refractivity contribution < 1.29 is 19.1 Å². The van der Waals surface area contributed by atoms with Crippen LogP contribution in [-0.2, 0) is 4.74 Å². The van der Waals surface area contributed by atoms with Gasteiger partial charge >= 0.3 is 5.97 Å². The van der Waals surface area contributed by atoms with Gasteiger partial charge in [0.1, 0.15) is 11.4 Å². The van der Waals surface area contributed by atoms with Crippen LogP contribution in [0.5, 0.6) is 5.75 Å². The fraction of sp³-hybridized carbons (Fsp3) is 0.355. The number of unbranched alkanes of at least 4 members (excludes halogenated alkanes) is 1. The quantitative estimate of drug-likeness (QED) is 0.236. The van der Waals surface area contributed by atoms with E-state index < -0.39 is 5.60 Å². The van der Waals surface area contributed by atoms with Crippen LogP contribution in [-0.4, -0.2) is 30.1 Å². The third-order valence-electron chi connectivity index (χ3n) is 6.24. The molecule has 4 rings (SSSR count). The number of amides is 1. The molecular formula is C31H34ClNO4. The summed E-state index contributed by atoms with van der Waals surface area (Å²) in [5, 5.41) is 3.64. The van der Waals surface area contributed by atoms with Gasteiger partial charge in [-0.1, -0.05) is 61.3 Å². The number of ether oxygens (including phenoxy) is 2. The first-order chi connectivity index (χ1) is 17.6. The second-order valence-electron chi connectivity index (χ2n) is 10.5. The smallest absolute Gasteiger partial charge is 0.338 e. The largest absolute Gasteiger partial charge is 0.493 e. The number of hydrogen-bond donors (Lipinski definition) is 1. The summed E-state index contributed by atoms with van der Waals surface area (Å²) in [7, 11) is 0. The van der Waals surface area contributed by atoms with Gasteiger partial charge in [0, 0.05) is 17.0 Å². The summed E-state index contributed by atoms with van der Waals surface area (Å²) in [6.07, 6.45) is 2.84. The third kappa shape index (κ3) is 7.14. The number of benzene rings is 3. The second-order valence-corrected chi connectivity index (χ2v) is 10.9. The molecule has 2 atom stereocenters. The van der Waals surface area contributed by atoms with E-state index >= 15 is 0 Å². The molecule has 0 unspecified atom stereocenters. The van der Waals surface area contributed by atoms with Gasteiger partial charge in [-0.25, -0.2) is 4.79 Å². The van der Waals surface area contributed by atoms with Crippen molar-refractivity contribution in [3.05, 3.63) is 88.4 Å². The number of rotatable bonds is 9. The fourth-order valence-corrected chi connectivity index (χ4v) is 4.33. The molecule has 1 amide bonds. The van der Waals surface area contributed by atoms with Gasteiger partial charge in [0.05, 0.1) is 17.7 Å². The standard InChI is InChI=1S/C31H34ClNO4/c1-5-6-17-36-28-16-15-24(32)18-26(28)29(34)33-27-19-25(27)22-11-7-20(8-12-22)21-9-13-23(14-10-21)30(35)37-31(2,3)4/h7-16,18,25,27H,5-6,17,19H2,1-4H3,(H,33,34)/t25-,27-/m0/s1. The van der Waals surface area contributed by atoms with Crippen LogP contribution in [0.25, 0.3) is 11.1 Å². The van der Waals surface area contributed by atoms with Gasteiger partial charge < -0.3 is 14.8 Å². The number of esters is 1. The first kappa shape index (κ1) is 26.7. The molecule has 6 heteroatoms. The monoisotopic (exact) mass is 519 g/mol. The van der Waals surface area contributed by atoms with Gasteiger partial charge in [-0.05, 0) is 80.6 Å². The van der Waals surface area contributed by atoms with Gasteiger partial charge in [-0.15, -0.1) is 0 Å². The maximum absolute atomic E-state index is 13.0. The summed E-state index contributed by atoms with van der Waals surface area (Å²) in [5.41, 5.74) is 3.75. The Labute approximate surface area is 224 Å². The maximum atomic E-state index is 13.0.